The van der Waals surface area contributed by atoms with Gasteiger partial charge in [0.2, 0.25) is 0 Å². The molecule has 0 atom stereocenters. The van der Waals surface area contributed by atoms with Crippen LogP contribution in [0.15, 0.2) is 24.4 Å². The van der Waals surface area contributed by atoms with Crippen molar-refractivity contribution in [2.75, 3.05) is 6.54 Å². The van der Waals surface area contributed by atoms with Crippen LogP contribution < -0.4 is 5.73 Å². The van der Waals surface area contributed by atoms with E-state index in [2.05, 4.69) is 4.98 Å². The molecule has 78 valence electrons. The summed E-state index contributed by atoms with van der Waals surface area (Å²) in [6.45, 7) is 0.357. The summed E-state index contributed by atoms with van der Waals surface area (Å²) in [6.07, 6.45) is 2.03. The fraction of sp³-hybridized carbons (Fsp3) is 0.182. The Morgan fingerprint density at radius 1 is 1.47 bits per heavy atom. The highest BCUT2D eigenvalue weighted by Crippen LogP contribution is 2.27. The molecule has 0 aliphatic carbocycles. The van der Waals surface area contributed by atoms with Gasteiger partial charge in [0.05, 0.1) is 5.02 Å². The van der Waals surface area contributed by atoms with Crippen molar-refractivity contribution in [3.63, 3.8) is 0 Å². The van der Waals surface area contributed by atoms with Crippen molar-refractivity contribution in [1.82, 2.24) is 4.98 Å². The van der Waals surface area contributed by atoms with E-state index in [4.69, 9.17) is 17.3 Å². The van der Waals surface area contributed by atoms with Gasteiger partial charge in [0, 0.05) is 29.1 Å². The summed E-state index contributed by atoms with van der Waals surface area (Å²) in [7, 11) is 0. The van der Waals surface area contributed by atoms with Crippen molar-refractivity contribution in [2.24, 2.45) is 5.73 Å². The predicted octanol–water partition coefficient (Wildman–Crippen LogP) is 2.35. The summed E-state index contributed by atoms with van der Waals surface area (Å²) < 4.78 is 0. The van der Waals surface area contributed by atoms with Gasteiger partial charge in [-0.15, -0.1) is 0 Å². The molecule has 2 aromatic rings. The molecule has 4 heteroatoms. The summed E-state index contributed by atoms with van der Waals surface area (Å²) in [5.74, 6) is 0.0249. The molecule has 3 N–H and O–H groups in total. The first-order valence-electron chi connectivity index (χ1n) is 4.73. The minimum atomic E-state index is 0.0249. The third kappa shape index (κ3) is 1.76. The van der Waals surface area contributed by atoms with Crippen LogP contribution in [-0.4, -0.2) is 17.3 Å². The number of nitrogens with two attached hydrogens (primary N) is 1. The number of benzene rings is 1. The maximum Gasteiger partial charge on any atom is 0.166 e. The quantitative estimate of drug-likeness (QED) is 0.784. The van der Waals surface area contributed by atoms with Crippen LogP contribution in [0, 0.1) is 0 Å². The summed E-state index contributed by atoms with van der Waals surface area (Å²) >= 11 is 6.04. The van der Waals surface area contributed by atoms with E-state index in [1.165, 1.54) is 0 Å². The van der Waals surface area contributed by atoms with Gasteiger partial charge in [-0.25, -0.2) is 0 Å². The van der Waals surface area contributed by atoms with Crippen LogP contribution in [0.4, 0.5) is 0 Å². The Bertz CT molecular complexity index is 504. The molecule has 0 aliphatic heterocycles. The highest BCUT2D eigenvalue weighted by atomic mass is 35.5. The van der Waals surface area contributed by atoms with E-state index in [1.54, 1.807) is 12.3 Å². The van der Waals surface area contributed by atoms with Crippen LogP contribution >= 0.6 is 11.6 Å². The number of carbonyl (C=O) groups excluding carboxylic acids is 1. The minimum absolute atomic E-state index is 0.0249. The fourth-order valence-electron chi connectivity index (χ4n) is 1.63. The zero-order chi connectivity index (χ0) is 10.8. The first-order valence-corrected chi connectivity index (χ1v) is 5.10. The number of Topliss-reactive ketones (excluding diaryl/α,β-unsaturated/α-hetero) is 1. The third-order valence-electron chi connectivity index (χ3n) is 2.33. The van der Waals surface area contributed by atoms with Crippen molar-refractivity contribution < 1.29 is 4.79 Å². The lowest BCUT2D eigenvalue weighted by molar-refractivity contribution is 0.0987. The molecule has 0 bridgehead atoms. The lowest BCUT2D eigenvalue weighted by Gasteiger charge is -1.98. The van der Waals surface area contributed by atoms with E-state index in [0.29, 0.717) is 23.6 Å². The second-order valence-corrected chi connectivity index (χ2v) is 3.73. The second kappa shape index (κ2) is 4.04. The van der Waals surface area contributed by atoms with Crippen molar-refractivity contribution in [3.8, 4) is 0 Å². The number of rotatable bonds is 3. The zero-order valence-corrected chi connectivity index (χ0v) is 8.84. The van der Waals surface area contributed by atoms with Crippen LogP contribution in [-0.2, 0) is 0 Å². The molecular weight excluding hydrogens is 212 g/mol. The molecule has 0 amide bonds. The molecule has 0 radical (unpaired) electrons. The lowest BCUT2D eigenvalue weighted by atomic mass is 10.1. The number of fused-ring (bicyclic) bond motifs is 1. The summed E-state index contributed by atoms with van der Waals surface area (Å²) in [5.41, 5.74) is 6.86. The molecule has 2 rings (SSSR count). The molecule has 1 aromatic heterocycles. The normalized spacial score (nSPS) is 10.8. The fourth-order valence-corrected chi connectivity index (χ4v) is 1.90. The summed E-state index contributed by atoms with van der Waals surface area (Å²) in [5, 5.41) is 1.38. The SMILES string of the molecule is NCCC(=O)c1c[nH]c2cccc(Cl)c12. The Labute approximate surface area is 92.2 Å². The van der Waals surface area contributed by atoms with E-state index < -0.39 is 0 Å². The van der Waals surface area contributed by atoms with Crippen LogP contribution in [0.1, 0.15) is 16.8 Å². The molecule has 1 aromatic carbocycles. The molecule has 0 aliphatic rings. The van der Waals surface area contributed by atoms with Crippen molar-refractivity contribution in [2.45, 2.75) is 6.42 Å². The minimum Gasteiger partial charge on any atom is -0.360 e. The van der Waals surface area contributed by atoms with Gasteiger partial charge in [-0.2, -0.15) is 0 Å². The van der Waals surface area contributed by atoms with E-state index in [9.17, 15) is 4.79 Å². The Balaban J connectivity index is 2.57. The number of nitrogens with one attached hydrogen (secondary N) is 1. The first-order chi connectivity index (χ1) is 7.24. The Morgan fingerprint density at radius 3 is 3.00 bits per heavy atom. The van der Waals surface area contributed by atoms with Crippen molar-refractivity contribution in [3.05, 3.63) is 35.0 Å². The van der Waals surface area contributed by atoms with Crippen molar-refractivity contribution >= 4 is 28.3 Å². The number of halogens is 1. The zero-order valence-electron chi connectivity index (χ0n) is 8.09. The van der Waals surface area contributed by atoms with E-state index in [1.807, 2.05) is 12.1 Å². The van der Waals surface area contributed by atoms with Gasteiger partial charge in [-0.05, 0) is 18.7 Å². The number of H-pyrrole nitrogens is 1. The van der Waals surface area contributed by atoms with Crippen molar-refractivity contribution in [1.29, 1.82) is 0 Å². The molecule has 0 fully saturated rings. The Morgan fingerprint density at radius 2 is 2.27 bits per heavy atom. The van der Waals surface area contributed by atoms with Crippen LogP contribution in [0.2, 0.25) is 5.02 Å². The largest absolute Gasteiger partial charge is 0.360 e. The van der Waals surface area contributed by atoms with Gasteiger partial charge < -0.3 is 10.7 Å². The topological polar surface area (TPSA) is 58.9 Å². The Hall–Kier alpha value is -1.32. The van der Waals surface area contributed by atoms with Crippen LogP contribution in [0.5, 0.6) is 0 Å². The predicted molar refractivity (Wildman–Crippen MR) is 61.3 cm³/mol. The van der Waals surface area contributed by atoms with Gasteiger partial charge in [0.15, 0.2) is 5.78 Å². The summed E-state index contributed by atoms with van der Waals surface area (Å²) in [4.78, 5) is 14.7. The van der Waals surface area contributed by atoms with Gasteiger partial charge in [-0.1, -0.05) is 17.7 Å². The average molecular weight is 223 g/mol. The van der Waals surface area contributed by atoms with E-state index in [-0.39, 0.29) is 5.78 Å². The summed E-state index contributed by atoms with van der Waals surface area (Å²) in [6, 6.07) is 5.51. The number of hydrogen-bond donors (Lipinski definition) is 2. The maximum absolute atomic E-state index is 11.7. The number of ketones is 1. The molecular formula is C11H11ClN2O. The monoisotopic (exact) mass is 222 g/mol. The van der Waals surface area contributed by atoms with Crippen LogP contribution in [0.3, 0.4) is 0 Å². The smallest absolute Gasteiger partial charge is 0.166 e. The first kappa shape index (κ1) is 10.2. The molecule has 1 heterocycles. The lowest BCUT2D eigenvalue weighted by Crippen LogP contribution is -2.07. The molecule has 0 unspecified atom stereocenters. The second-order valence-electron chi connectivity index (χ2n) is 3.33. The third-order valence-corrected chi connectivity index (χ3v) is 2.64. The number of aromatic nitrogens is 1. The number of aromatic amines is 1. The van der Waals surface area contributed by atoms with Gasteiger partial charge in [0.1, 0.15) is 0 Å². The number of hydrogen-bond acceptors (Lipinski definition) is 2. The molecule has 3 nitrogen and oxygen atoms in total. The molecule has 0 spiro atoms. The molecule has 15 heavy (non-hydrogen) atoms. The van der Waals surface area contributed by atoms with E-state index in [0.717, 1.165) is 10.9 Å². The maximum atomic E-state index is 11.7. The average Bonchev–Trinajstić information content (AvgIpc) is 2.63. The van der Waals surface area contributed by atoms with Gasteiger partial charge in [0.25, 0.3) is 0 Å². The molecule has 0 saturated heterocycles. The van der Waals surface area contributed by atoms with Gasteiger partial charge in [-0.3, -0.25) is 4.79 Å². The standard InChI is InChI=1S/C11H11ClN2O/c12-8-2-1-3-9-11(8)7(6-14-9)10(15)4-5-13/h1-3,6,14H,4-5,13H2. The number of carbonyl (C=O) groups is 1. The van der Waals surface area contributed by atoms with Gasteiger partial charge >= 0.3 is 0 Å². The highest BCUT2D eigenvalue weighted by Gasteiger charge is 2.13. The highest BCUT2D eigenvalue weighted by molar-refractivity contribution is 6.36. The molecule has 0 saturated carbocycles. The van der Waals surface area contributed by atoms with Crippen LogP contribution in [0.25, 0.3) is 10.9 Å². The Kier molecular flexibility index (Phi) is 2.75. The van der Waals surface area contributed by atoms with E-state index >= 15 is 0 Å².